The van der Waals surface area contributed by atoms with Gasteiger partial charge in [-0.3, -0.25) is 4.39 Å². The zero-order valence-electron chi connectivity index (χ0n) is 6.52. The largest absolute Gasteiger partial charge is 0.493 e. The van der Waals surface area contributed by atoms with Crippen molar-refractivity contribution in [2.75, 3.05) is 13.3 Å². The summed E-state index contributed by atoms with van der Waals surface area (Å²) in [5.74, 6) is -0.0487. The van der Waals surface area contributed by atoms with Gasteiger partial charge in [0.2, 0.25) is 0 Å². The van der Waals surface area contributed by atoms with E-state index in [0.717, 1.165) is 0 Å². The number of rotatable bonds is 4. The molecule has 0 aliphatic carbocycles. The molecule has 65 valence electrons. The van der Waals surface area contributed by atoms with Gasteiger partial charge in [0, 0.05) is 18.6 Å². The maximum Gasteiger partial charge on any atom is 0.134 e. The first-order valence-electron chi connectivity index (χ1n) is 3.69. The number of halogens is 2. The van der Waals surface area contributed by atoms with Gasteiger partial charge in [-0.1, -0.05) is 0 Å². The summed E-state index contributed by atoms with van der Waals surface area (Å²) in [4.78, 5) is 0. The van der Waals surface area contributed by atoms with Crippen LogP contribution in [0.15, 0.2) is 18.2 Å². The van der Waals surface area contributed by atoms with Crippen molar-refractivity contribution in [3.63, 3.8) is 0 Å². The molecular formula is C9H9F2O. The van der Waals surface area contributed by atoms with Crippen LogP contribution in [-0.2, 0) is 0 Å². The summed E-state index contributed by atoms with van der Waals surface area (Å²) < 4.78 is 29.1. The van der Waals surface area contributed by atoms with Crippen molar-refractivity contribution < 1.29 is 13.5 Å². The molecule has 0 aromatic heterocycles. The molecule has 1 rings (SSSR count). The van der Waals surface area contributed by atoms with Crippen LogP contribution in [0.5, 0.6) is 5.75 Å². The molecule has 1 nitrogen and oxygen atoms in total. The van der Waals surface area contributed by atoms with Crippen LogP contribution in [0.2, 0.25) is 0 Å². The molecule has 12 heavy (non-hydrogen) atoms. The van der Waals surface area contributed by atoms with E-state index in [-0.39, 0.29) is 6.61 Å². The number of ether oxygens (including phenoxy) is 1. The van der Waals surface area contributed by atoms with E-state index >= 15 is 0 Å². The Morgan fingerprint density at radius 2 is 2.33 bits per heavy atom. The Kier molecular flexibility index (Phi) is 3.51. The molecule has 0 saturated heterocycles. The Morgan fingerprint density at radius 3 is 3.00 bits per heavy atom. The lowest BCUT2D eigenvalue weighted by molar-refractivity contribution is 0.288. The summed E-state index contributed by atoms with van der Waals surface area (Å²) in [6, 6.07) is 6.58. The molecular weight excluding hydrogens is 162 g/mol. The van der Waals surface area contributed by atoms with Crippen molar-refractivity contribution in [1.82, 2.24) is 0 Å². The Morgan fingerprint density at radius 1 is 1.50 bits per heavy atom. The van der Waals surface area contributed by atoms with Gasteiger partial charge in [-0.05, 0) is 12.1 Å². The van der Waals surface area contributed by atoms with Crippen LogP contribution in [0.4, 0.5) is 8.78 Å². The highest BCUT2D eigenvalue weighted by atomic mass is 19.1. The quantitative estimate of drug-likeness (QED) is 0.632. The maximum atomic E-state index is 12.5. The Labute approximate surface area is 70.0 Å². The van der Waals surface area contributed by atoms with Gasteiger partial charge in [0.25, 0.3) is 0 Å². The van der Waals surface area contributed by atoms with Crippen LogP contribution in [-0.4, -0.2) is 13.3 Å². The minimum Gasteiger partial charge on any atom is -0.493 e. The fourth-order valence-electron chi connectivity index (χ4n) is 0.752. The summed E-state index contributed by atoms with van der Waals surface area (Å²) in [5, 5.41) is 0. The maximum absolute atomic E-state index is 12.5. The van der Waals surface area contributed by atoms with E-state index in [1.54, 1.807) is 6.07 Å². The molecule has 0 saturated carbocycles. The van der Waals surface area contributed by atoms with Gasteiger partial charge in [0.1, 0.15) is 11.6 Å². The molecule has 0 aliphatic rings. The number of benzene rings is 1. The van der Waals surface area contributed by atoms with Crippen molar-refractivity contribution in [3.05, 3.63) is 30.1 Å². The van der Waals surface area contributed by atoms with Gasteiger partial charge in [0.05, 0.1) is 13.3 Å². The third kappa shape index (κ3) is 2.86. The molecule has 0 heterocycles. The minimum absolute atomic E-state index is 0.278. The summed E-state index contributed by atoms with van der Waals surface area (Å²) >= 11 is 0. The van der Waals surface area contributed by atoms with E-state index in [4.69, 9.17) is 4.74 Å². The van der Waals surface area contributed by atoms with Gasteiger partial charge in [-0.25, -0.2) is 4.39 Å². The first-order valence-corrected chi connectivity index (χ1v) is 3.69. The molecule has 1 aromatic rings. The van der Waals surface area contributed by atoms with Crippen LogP contribution in [0, 0.1) is 11.9 Å². The third-order valence-electron chi connectivity index (χ3n) is 1.28. The van der Waals surface area contributed by atoms with Crippen LogP contribution in [0.25, 0.3) is 0 Å². The lowest BCUT2D eigenvalue weighted by Crippen LogP contribution is -1.97. The smallest absolute Gasteiger partial charge is 0.134 e. The molecule has 0 atom stereocenters. The highest BCUT2D eigenvalue weighted by molar-refractivity contribution is 5.21. The first kappa shape index (κ1) is 8.97. The summed E-state index contributed by atoms with van der Waals surface area (Å²) in [5.41, 5.74) is 0. The van der Waals surface area contributed by atoms with Crippen LogP contribution < -0.4 is 4.74 Å². The van der Waals surface area contributed by atoms with E-state index < -0.39 is 12.5 Å². The molecule has 0 amide bonds. The molecule has 0 aliphatic heterocycles. The van der Waals surface area contributed by atoms with Crippen LogP contribution in [0.3, 0.4) is 0 Å². The Balaban J connectivity index is 2.41. The summed E-state index contributed by atoms with van der Waals surface area (Å²) in [7, 11) is 0. The molecule has 0 spiro atoms. The number of hydrogen-bond donors (Lipinski definition) is 0. The Bertz CT molecular complexity index is 238. The van der Waals surface area contributed by atoms with Crippen molar-refractivity contribution in [2.45, 2.75) is 6.42 Å². The molecule has 0 fully saturated rings. The molecule has 1 aromatic carbocycles. The average Bonchev–Trinajstić information content (AvgIpc) is 2.05. The average molecular weight is 171 g/mol. The van der Waals surface area contributed by atoms with E-state index in [0.29, 0.717) is 12.2 Å². The van der Waals surface area contributed by atoms with Crippen molar-refractivity contribution in [1.29, 1.82) is 0 Å². The van der Waals surface area contributed by atoms with Crippen molar-refractivity contribution in [3.8, 4) is 5.75 Å². The van der Waals surface area contributed by atoms with Crippen LogP contribution in [0.1, 0.15) is 6.42 Å². The molecule has 1 radical (unpaired) electrons. The minimum atomic E-state index is -0.465. The van der Waals surface area contributed by atoms with Crippen molar-refractivity contribution in [2.24, 2.45) is 0 Å². The molecule has 0 N–H and O–H groups in total. The lowest BCUT2D eigenvalue weighted by atomic mass is 10.3. The molecule has 0 bridgehead atoms. The monoisotopic (exact) mass is 171 g/mol. The van der Waals surface area contributed by atoms with Gasteiger partial charge < -0.3 is 4.74 Å². The van der Waals surface area contributed by atoms with E-state index in [9.17, 15) is 8.78 Å². The van der Waals surface area contributed by atoms with E-state index in [1.165, 1.54) is 12.1 Å². The fraction of sp³-hybridized carbons (Fsp3) is 0.333. The standard InChI is InChI=1S/C9H9F2O/c10-5-2-6-12-9-4-1-3-8(11)7-9/h1,4,7H,2,5-6H2. The second-order valence-electron chi connectivity index (χ2n) is 2.26. The summed E-state index contributed by atoms with van der Waals surface area (Å²) in [6.45, 7) is -0.138. The van der Waals surface area contributed by atoms with E-state index in [2.05, 4.69) is 6.07 Å². The normalized spacial score (nSPS) is 9.83. The van der Waals surface area contributed by atoms with E-state index in [1.807, 2.05) is 0 Å². The molecule has 0 unspecified atom stereocenters. The SMILES string of the molecule is FCCCOc1cc[c]c(F)c1. The van der Waals surface area contributed by atoms with Gasteiger partial charge in [-0.2, -0.15) is 0 Å². The number of hydrogen-bond acceptors (Lipinski definition) is 1. The highest BCUT2D eigenvalue weighted by Crippen LogP contribution is 2.11. The first-order chi connectivity index (χ1) is 5.83. The lowest BCUT2D eigenvalue weighted by Gasteiger charge is -2.03. The predicted octanol–water partition coefficient (Wildman–Crippen LogP) is 2.36. The van der Waals surface area contributed by atoms with Gasteiger partial charge >= 0.3 is 0 Å². The second-order valence-corrected chi connectivity index (χ2v) is 2.26. The number of alkyl halides is 1. The topological polar surface area (TPSA) is 9.23 Å². The zero-order chi connectivity index (χ0) is 8.81. The fourth-order valence-corrected chi connectivity index (χ4v) is 0.752. The van der Waals surface area contributed by atoms with Crippen LogP contribution >= 0.6 is 0 Å². The van der Waals surface area contributed by atoms with Gasteiger partial charge in [0.15, 0.2) is 0 Å². The van der Waals surface area contributed by atoms with Gasteiger partial charge in [-0.15, -0.1) is 0 Å². The van der Waals surface area contributed by atoms with Crippen molar-refractivity contribution >= 4 is 0 Å². The second kappa shape index (κ2) is 4.70. The summed E-state index contributed by atoms with van der Waals surface area (Å²) in [6.07, 6.45) is 0.334. The third-order valence-corrected chi connectivity index (χ3v) is 1.28. The molecule has 3 heteroatoms. The highest BCUT2D eigenvalue weighted by Gasteiger charge is 1.95. The predicted molar refractivity (Wildman–Crippen MR) is 41.3 cm³/mol. The Hall–Kier alpha value is -1.12. The zero-order valence-corrected chi connectivity index (χ0v) is 6.52.